The van der Waals surface area contributed by atoms with Gasteiger partial charge in [0.1, 0.15) is 5.75 Å². The van der Waals surface area contributed by atoms with Gasteiger partial charge in [-0.15, -0.1) is 0 Å². The fraction of sp³-hybridized carbons (Fsp3) is 0.188. The molecule has 0 aliphatic rings. The van der Waals surface area contributed by atoms with E-state index >= 15 is 0 Å². The molecular weight excluding hydrogens is 284 g/mol. The third-order valence-corrected chi connectivity index (χ3v) is 4.60. The minimum atomic E-state index is -1.38. The van der Waals surface area contributed by atoms with Crippen molar-refractivity contribution in [3.8, 4) is 0 Å². The maximum atomic E-state index is 12.3. The first-order valence-corrected chi connectivity index (χ1v) is 7.89. The van der Waals surface area contributed by atoms with Crippen molar-refractivity contribution < 1.29 is 9.00 Å². The Hall–Kier alpha value is -2.14. The highest BCUT2D eigenvalue weighted by molar-refractivity contribution is 7.85. The lowest BCUT2D eigenvalue weighted by Gasteiger charge is -2.09. The molecule has 2 aromatic carbocycles. The van der Waals surface area contributed by atoms with E-state index in [4.69, 9.17) is 5.73 Å². The summed E-state index contributed by atoms with van der Waals surface area (Å²) < 4.78 is 12.3. The molecule has 1 atom stereocenters. The van der Waals surface area contributed by atoms with Crippen LogP contribution in [0.1, 0.15) is 11.1 Å². The van der Waals surface area contributed by atoms with Gasteiger partial charge in [0.2, 0.25) is 5.91 Å². The molecule has 3 N–H and O–H groups in total. The predicted molar refractivity (Wildman–Crippen MR) is 86.7 cm³/mol. The van der Waals surface area contributed by atoms with Gasteiger partial charge >= 0.3 is 0 Å². The number of anilines is 2. The highest BCUT2D eigenvalue weighted by atomic mass is 32.2. The molecule has 0 fully saturated rings. The summed E-state index contributed by atoms with van der Waals surface area (Å²) in [6.07, 6.45) is 0. The molecule has 0 aromatic heterocycles. The van der Waals surface area contributed by atoms with Crippen LogP contribution in [0.25, 0.3) is 0 Å². The number of para-hydroxylation sites is 1. The molecule has 21 heavy (non-hydrogen) atoms. The van der Waals surface area contributed by atoms with E-state index in [1.54, 1.807) is 18.2 Å². The second-order valence-electron chi connectivity index (χ2n) is 4.88. The Kier molecular flexibility index (Phi) is 4.75. The van der Waals surface area contributed by atoms with Gasteiger partial charge in [-0.1, -0.05) is 18.2 Å². The monoisotopic (exact) mass is 302 g/mol. The minimum Gasteiger partial charge on any atom is -0.399 e. The van der Waals surface area contributed by atoms with E-state index in [0.29, 0.717) is 10.6 Å². The molecule has 5 heteroatoms. The number of benzene rings is 2. The summed E-state index contributed by atoms with van der Waals surface area (Å²) >= 11 is 0. The zero-order chi connectivity index (χ0) is 15.4. The summed E-state index contributed by atoms with van der Waals surface area (Å²) in [6, 6.07) is 12.7. The number of amides is 1. The van der Waals surface area contributed by atoms with Gasteiger partial charge in [-0.3, -0.25) is 9.00 Å². The summed E-state index contributed by atoms with van der Waals surface area (Å²) in [6.45, 7) is 3.75. The third kappa shape index (κ3) is 3.92. The molecule has 0 saturated heterocycles. The Morgan fingerprint density at radius 3 is 2.52 bits per heavy atom. The molecular formula is C16H18N2O2S. The van der Waals surface area contributed by atoms with E-state index in [9.17, 15) is 9.00 Å². The lowest BCUT2D eigenvalue weighted by Crippen LogP contribution is -2.20. The second-order valence-corrected chi connectivity index (χ2v) is 6.30. The lowest BCUT2D eigenvalue weighted by atomic mass is 10.2. The molecule has 2 rings (SSSR count). The van der Waals surface area contributed by atoms with Crippen LogP contribution >= 0.6 is 0 Å². The van der Waals surface area contributed by atoms with Crippen molar-refractivity contribution in [1.29, 1.82) is 0 Å². The van der Waals surface area contributed by atoms with Crippen LogP contribution in [0.5, 0.6) is 0 Å². The van der Waals surface area contributed by atoms with E-state index < -0.39 is 10.8 Å². The van der Waals surface area contributed by atoms with Crippen LogP contribution in [0.4, 0.5) is 11.4 Å². The van der Waals surface area contributed by atoms with Gasteiger partial charge in [-0.2, -0.15) is 0 Å². The summed E-state index contributed by atoms with van der Waals surface area (Å²) in [5, 5.41) is 2.79. The first-order chi connectivity index (χ1) is 9.97. The first-order valence-electron chi connectivity index (χ1n) is 6.57. The SMILES string of the molecule is Cc1ccccc1NC(=O)CS(=O)c1ccc(N)cc1C. The number of rotatable bonds is 4. The van der Waals surface area contributed by atoms with E-state index in [1.165, 1.54) is 0 Å². The summed E-state index contributed by atoms with van der Waals surface area (Å²) in [7, 11) is -1.38. The number of aryl methyl sites for hydroxylation is 2. The van der Waals surface area contributed by atoms with Crippen molar-refractivity contribution in [3.05, 3.63) is 53.6 Å². The van der Waals surface area contributed by atoms with Crippen molar-refractivity contribution in [2.45, 2.75) is 18.7 Å². The van der Waals surface area contributed by atoms with Gasteiger partial charge in [-0.25, -0.2) is 0 Å². The number of carbonyl (C=O) groups is 1. The number of hydrogen-bond donors (Lipinski definition) is 2. The minimum absolute atomic E-state index is 0.0703. The van der Waals surface area contributed by atoms with Crippen LogP contribution < -0.4 is 11.1 Å². The maximum Gasteiger partial charge on any atom is 0.237 e. The molecule has 1 amide bonds. The maximum absolute atomic E-state index is 12.3. The van der Waals surface area contributed by atoms with Crippen LogP contribution in [-0.4, -0.2) is 15.9 Å². The van der Waals surface area contributed by atoms with Crippen molar-refractivity contribution in [1.82, 2.24) is 0 Å². The number of nitrogens with two attached hydrogens (primary N) is 1. The first kappa shape index (κ1) is 15.3. The van der Waals surface area contributed by atoms with Gasteiger partial charge < -0.3 is 11.1 Å². The van der Waals surface area contributed by atoms with Crippen molar-refractivity contribution in [3.63, 3.8) is 0 Å². The number of nitrogen functional groups attached to an aromatic ring is 1. The number of nitrogens with one attached hydrogen (secondary N) is 1. The van der Waals surface area contributed by atoms with E-state index in [0.717, 1.165) is 16.8 Å². The Labute approximate surface area is 126 Å². The average molecular weight is 302 g/mol. The van der Waals surface area contributed by atoms with Crippen molar-refractivity contribution >= 4 is 28.1 Å². The highest BCUT2D eigenvalue weighted by Gasteiger charge is 2.13. The van der Waals surface area contributed by atoms with E-state index in [2.05, 4.69) is 5.32 Å². The average Bonchev–Trinajstić information content (AvgIpc) is 2.41. The molecule has 0 aliphatic carbocycles. The van der Waals surface area contributed by atoms with Crippen LogP contribution in [0, 0.1) is 13.8 Å². The third-order valence-electron chi connectivity index (χ3n) is 3.13. The van der Waals surface area contributed by atoms with Gasteiger partial charge in [0.05, 0.1) is 10.8 Å². The standard InChI is InChI=1S/C16H18N2O2S/c1-11-5-3-4-6-14(11)18-16(19)10-21(20)15-8-7-13(17)9-12(15)2/h3-9H,10,17H2,1-2H3,(H,18,19). The fourth-order valence-electron chi connectivity index (χ4n) is 2.02. The van der Waals surface area contributed by atoms with Crippen molar-refractivity contribution in [2.75, 3.05) is 16.8 Å². The molecule has 2 aromatic rings. The van der Waals surface area contributed by atoms with E-state index in [1.807, 2.05) is 38.1 Å². The molecule has 0 radical (unpaired) electrons. The normalized spacial score (nSPS) is 11.9. The Bertz CT molecular complexity index is 698. The lowest BCUT2D eigenvalue weighted by molar-refractivity contribution is -0.113. The highest BCUT2D eigenvalue weighted by Crippen LogP contribution is 2.17. The topological polar surface area (TPSA) is 72.2 Å². The Balaban J connectivity index is 2.06. The molecule has 4 nitrogen and oxygen atoms in total. The van der Waals surface area contributed by atoms with Crippen LogP contribution in [0.3, 0.4) is 0 Å². The van der Waals surface area contributed by atoms with Gasteiger partial charge in [0, 0.05) is 16.3 Å². The quantitative estimate of drug-likeness (QED) is 0.853. The van der Waals surface area contributed by atoms with Gasteiger partial charge in [0.15, 0.2) is 0 Å². The largest absolute Gasteiger partial charge is 0.399 e. The molecule has 110 valence electrons. The molecule has 0 heterocycles. The molecule has 0 spiro atoms. The fourth-order valence-corrected chi connectivity index (χ4v) is 3.13. The summed E-state index contributed by atoms with van der Waals surface area (Å²) in [5.41, 5.74) is 8.84. The van der Waals surface area contributed by atoms with Crippen LogP contribution in [-0.2, 0) is 15.6 Å². The van der Waals surface area contributed by atoms with Crippen LogP contribution in [0.2, 0.25) is 0 Å². The molecule has 1 unspecified atom stereocenters. The Morgan fingerprint density at radius 1 is 1.14 bits per heavy atom. The Morgan fingerprint density at radius 2 is 1.86 bits per heavy atom. The van der Waals surface area contributed by atoms with Gasteiger partial charge in [-0.05, 0) is 49.2 Å². The van der Waals surface area contributed by atoms with E-state index in [-0.39, 0.29) is 11.7 Å². The molecule has 0 saturated carbocycles. The van der Waals surface area contributed by atoms with Gasteiger partial charge in [0.25, 0.3) is 0 Å². The predicted octanol–water partition coefficient (Wildman–Crippen LogP) is 2.63. The number of carbonyl (C=O) groups excluding carboxylic acids is 1. The van der Waals surface area contributed by atoms with Crippen molar-refractivity contribution in [2.24, 2.45) is 0 Å². The molecule has 0 bridgehead atoms. The summed E-state index contributed by atoms with van der Waals surface area (Å²) in [4.78, 5) is 12.6. The zero-order valence-corrected chi connectivity index (χ0v) is 12.9. The summed E-state index contributed by atoms with van der Waals surface area (Å²) in [5.74, 6) is -0.335. The zero-order valence-electron chi connectivity index (χ0n) is 12.1. The second kappa shape index (κ2) is 6.54. The smallest absolute Gasteiger partial charge is 0.237 e. The van der Waals surface area contributed by atoms with Crippen LogP contribution in [0.15, 0.2) is 47.4 Å². The molecule has 0 aliphatic heterocycles. The number of hydrogen-bond acceptors (Lipinski definition) is 3.